The summed E-state index contributed by atoms with van der Waals surface area (Å²) in [6.07, 6.45) is 4.01. The number of aromatic nitrogens is 2. The molecule has 0 bridgehead atoms. The summed E-state index contributed by atoms with van der Waals surface area (Å²) in [7, 11) is 0. The van der Waals surface area contributed by atoms with Crippen molar-refractivity contribution in [2.24, 2.45) is 5.73 Å². The molecule has 5 rings (SSSR count). The average molecular weight is 420 g/mol. The minimum Gasteiger partial charge on any atom is -0.361 e. The predicted molar refractivity (Wildman–Crippen MR) is 114 cm³/mol. The van der Waals surface area contributed by atoms with Gasteiger partial charge in [-0.3, -0.25) is 14.9 Å². The molecule has 2 amide bonds. The van der Waals surface area contributed by atoms with Crippen LogP contribution in [0.1, 0.15) is 17.5 Å². The number of nitrogens with zero attached hydrogens (tertiary/aromatic N) is 1. The minimum absolute atomic E-state index is 0.129. The summed E-state index contributed by atoms with van der Waals surface area (Å²) in [5.41, 5.74) is 8.12. The number of halogens is 2. The molecule has 4 N–H and O–H groups in total. The van der Waals surface area contributed by atoms with Crippen LogP contribution in [-0.4, -0.2) is 27.9 Å². The lowest BCUT2D eigenvalue weighted by Crippen LogP contribution is -2.22. The Kier molecular flexibility index (Phi) is 4.44. The monoisotopic (exact) mass is 420 g/mol. The minimum atomic E-state index is -0.579. The van der Waals surface area contributed by atoms with Gasteiger partial charge >= 0.3 is 0 Å². The molecule has 8 heteroatoms. The molecule has 3 heterocycles. The van der Waals surface area contributed by atoms with Crippen molar-refractivity contribution in [3.8, 4) is 0 Å². The van der Waals surface area contributed by atoms with Crippen LogP contribution in [0.3, 0.4) is 0 Å². The van der Waals surface area contributed by atoms with E-state index in [9.17, 15) is 18.4 Å². The number of carbonyl (C=O) groups is 2. The van der Waals surface area contributed by atoms with Crippen LogP contribution in [0.5, 0.6) is 0 Å². The van der Waals surface area contributed by atoms with Gasteiger partial charge in [0.25, 0.3) is 11.8 Å². The van der Waals surface area contributed by atoms with Gasteiger partial charge in [-0.2, -0.15) is 0 Å². The van der Waals surface area contributed by atoms with E-state index in [0.29, 0.717) is 46.9 Å². The van der Waals surface area contributed by atoms with E-state index in [1.165, 1.54) is 24.3 Å². The Morgan fingerprint density at radius 3 is 2.32 bits per heavy atom. The van der Waals surface area contributed by atoms with Gasteiger partial charge in [-0.05, 0) is 49.4 Å². The number of nitrogens with one attached hydrogen (secondary N) is 2. The van der Waals surface area contributed by atoms with Gasteiger partial charge < -0.3 is 15.3 Å². The number of hydrogen-bond donors (Lipinski definition) is 3. The molecule has 0 unspecified atom stereocenters. The number of H-pyrrole nitrogens is 1. The van der Waals surface area contributed by atoms with Crippen LogP contribution in [-0.2, 0) is 16.1 Å². The van der Waals surface area contributed by atoms with Gasteiger partial charge in [0.1, 0.15) is 11.6 Å². The van der Waals surface area contributed by atoms with E-state index in [-0.39, 0.29) is 11.1 Å². The zero-order valence-electron chi connectivity index (χ0n) is 16.3. The fourth-order valence-corrected chi connectivity index (χ4v) is 4.18. The van der Waals surface area contributed by atoms with Gasteiger partial charge in [0.15, 0.2) is 0 Å². The number of nitrogens with two attached hydrogens (primary N) is 1. The number of carbonyl (C=O) groups excluding carboxylic acids is 2. The molecule has 156 valence electrons. The van der Waals surface area contributed by atoms with Gasteiger partial charge in [-0.15, -0.1) is 0 Å². The van der Waals surface area contributed by atoms with E-state index in [2.05, 4.69) is 10.3 Å². The number of amides is 2. The highest BCUT2D eigenvalue weighted by Gasteiger charge is 2.35. The molecule has 0 fully saturated rings. The second-order valence-electron chi connectivity index (χ2n) is 7.47. The standard InChI is InChI=1S/C23H18F2N4O2/c24-12-2-4-18-14(8-12)16(10-27-18)20-21(23(31)28-22(20)30)17-11-29(7-1-6-26)19-5-3-13(25)9-15(17)19/h2-5,8-11,27H,1,6-7,26H2,(H,28,30,31). The van der Waals surface area contributed by atoms with Crippen LogP contribution in [0, 0.1) is 11.6 Å². The normalized spacial score (nSPS) is 14.3. The van der Waals surface area contributed by atoms with Gasteiger partial charge in [0.05, 0.1) is 11.1 Å². The Morgan fingerprint density at radius 2 is 1.58 bits per heavy atom. The van der Waals surface area contributed by atoms with E-state index in [1.807, 2.05) is 4.57 Å². The number of aryl methyl sites for hydroxylation is 1. The summed E-state index contributed by atoms with van der Waals surface area (Å²) < 4.78 is 29.9. The van der Waals surface area contributed by atoms with Crippen LogP contribution >= 0.6 is 0 Å². The second-order valence-corrected chi connectivity index (χ2v) is 7.47. The van der Waals surface area contributed by atoms with Crippen molar-refractivity contribution in [1.29, 1.82) is 0 Å². The van der Waals surface area contributed by atoms with Crippen molar-refractivity contribution in [3.05, 3.63) is 71.6 Å². The quantitative estimate of drug-likeness (QED) is 0.433. The Labute approximate surface area is 175 Å². The lowest BCUT2D eigenvalue weighted by Gasteiger charge is -2.03. The largest absolute Gasteiger partial charge is 0.361 e. The van der Waals surface area contributed by atoms with Gasteiger partial charge in [-0.25, -0.2) is 8.78 Å². The fourth-order valence-electron chi connectivity index (χ4n) is 4.18. The Balaban J connectivity index is 1.81. The highest BCUT2D eigenvalue weighted by atomic mass is 19.1. The molecule has 0 aliphatic carbocycles. The SMILES string of the molecule is NCCCn1cc(C2=C(c3c[nH]c4ccc(F)cc34)C(=O)NC2=O)c2cc(F)ccc21. The molecule has 6 nitrogen and oxygen atoms in total. The Hall–Kier alpha value is -3.78. The van der Waals surface area contributed by atoms with E-state index < -0.39 is 23.4 Å². The smallest absolute Gasteiger partial charge is 0.259 e. The van der Waals surface area contributed by atoms with Crippen LogP contribution in [0.15, 0.2) is 48.8 Å². The van der Waals surface area contributed by atoms with Gasteiger partial charge in [0.2, 0.25) is 0 Å². The summed E-state index contributed by atoms with van der Waals surface area (Å²) in [6, 6.07) is 8.53. The third kappa shape index (κ3) is 3.03. The molecule has 0 saturated heterocycles. The van der Waals surface area contributed by atoms with Gasteiger partial charge in [-0.1, -0.05) is 0 Å². The number of fused-ring (bicyclic) bond motifs is 2. The number of hydrogen-bond acceptors (Lipinski definition) is 3. The van der Waals surface area contributed by atoms with Crippen molar-refractivity contribution in [3.63, 3.8) is 0 Å². The van der Waals surface area contributed by atoms with Crippen molar-refractivity contribution in [2.75, 3.05) is 6.54 Å². The summed E-state index contributed by atoms with van der Waals surface area (Å²) in [5, 5.41) is 3.33. The summed E-state index contributed by atoms with van der Waals surface area (Å²) in [6.45, 7) is 1.05. The Morgan fingerprint density at radius 1 is 0.903 bits per heavy atom. The maximum Gasteiger partial charge on any atom is 0.259 e. The van der Waals surface area contributed by atoms with Crippen molar-refractivity contribution in [1.82, 2.24) is 14.9 Å². The number of imide groups is 1. The van der Waals surface area contributed by atoms with E-state index in [4.69, 9.17) is 5.73 Å². The molecule has 0 saturated carbocycles. The molecular weight excluding hydrogens is 402 g/mol. The maximum absolute atomic E-state index is 14.1. The van der Waals surface area contributed by atoms with Crippen molar-refractivity contribution < 1.29 is 18.4 Å². The van der Waals surface area contributed by atoms with E-state index in [1.54, 1.807) is 24.5 Å². The molecule has 1 aliphatic rings. The fraction of sp³-hybridized carbons (Fsp3) is 0.130. The van der Waals surface area contributed by atoms with Gasteiger partial charge in [0, 0.05) is 51.9 Å². The zero-order chi connectivity index (χ0) is 21.7. The third-order valence-electron chi connectivity index (χ3n) is 5.56. The highest BCUT2D eigenvalue weighted by Crippen LogP contribution is 2.38. The Bertz CT molecular complexity index is 1410. The maximum atomic E-state index is 14.1. The zero-order valence-corrected chi connectivity index (χ0v) is 16.3. The van der Waals surface area contributed by atoms with Crippen molar-refractivity contribution in [2.45, 2.75) is 13.0 Å². The second kappa shape index (κ2) is 7.17. The lowest BCUT2D eigenvalue weighted by atomic mass is 9.95. The molecule has 2 aromatic carbocycles. The number of rotatable bonds is 5. The first-order valence-electron chi connectivity index (χ1n) is 9.83. The van der Waals surface area contributed by atoms with Crippen LogP contribution in [0.25, 0.3) is 33.0 Å². The van der Waals surface area contributed by atoms with Crippen LogP contribution in [0.4, 0.5) is 8.78 Å². The number of benzene rings is 2. The number of aromatic amines is 1. The highest BCUT2D eigenvalue weighted by molar-refractivity contribution is 6.50. The first-order chi connectivity index (χ1) is 15.0. The topological polar surface area (TPSA) is 92.9 Å². The molecular formula is C23H18F2N4O2. The molecule has 0 spiro atoms. The molecule has 2 aromatic heterocycles. The summed E-state index contributed by atoms with van der Waals surface area (Å²) in [5.74, 6) is -2.07. The third-order valence-corrected chi connectivity index (χ3v) is 5.56. The summed E-state index contributed by atoms with van der Waals surface area (Å²) >= 11 is 0. The first-order valence-corrected chi connectivity index (χ1v) is 9.83. The molecule has 0 atom stereocenters. The van der Waals surface area contributed by atoms with Crippen molar-refractivity contribution >= 4 is 44.8 Å². The summed E-state index contributed by atoms with van der Waals surface area (Å²) in [4.78, 5) is 28.6. The predicted octanol–water partition coefficient (Wildman–Crippen LogP) is 3.32. The molecule has 0 radical (unpaired) electrons. The molecule has 31 heavy (non-hydrogen) atoms. The molecule has 4 aromatic rings. The van der Waals surface area contributed by atoms with Crippen LogP contribution < -0.4 is 11.1 Å². The average Bonchev–Trinajstić information content (AvgIpc) is 3.38. The lowest BCUT2D eigenvalue weighted by molar-refractivity contribution is -0.122. The first kappa shape index (κ1) is 19.2. The van der Waals surface area contributed by atoms with E-state index in [0.717, 1.165) is 5.52 Å². The van der Waals surface area contributed by atoms with Crippen LogP contribution in [0.2, 0.25) is 0 Å². The molecule has 1 aliphatic heterocycles. The van der Waals surface area contributed by atoms with E-state index >= 15 is 0 Å².